The molecule has 0 aliphatic heterocycles. The van der Waals surface area contributed by atoms with E-state index in [9.17, 15) is 24.6 Å². The molecule has 0 saturated heterocycles. The first-order valence-electron chi connectivity index (χ1n) is 12.7. The van der Waals surface area contributed by atoms with E-state index in [0.717, 1.165) is 51.4 Å². The zero-order valence-corrected chi connectivity index (χ0v) is 20.9. The van der Waals surface area contributed by atoms with Crippen molar-refractivity contribution >= 4 is 23.2 Å². The second kappa shape index (κ2) is 16.1. The molecule has 0 saturated carbocycles. The van der Waals surface area contributed by atoms with Crippen LogP contribution in [0.2, 0.25) is 0 Å². The number of benzene rings is 2. The number of phenols is 2. The highest BCUT2D eigenvalue weighted by atomic mass is 16.3. The molecule has 2 aromatic carbocycles. The van der Waals surface area contributed by atoms with Gasteiger partial charge in [-0.1, -0.05) is 69.4 Å². The van der Waals surface area contributed by atoms with Crippen molar-refractivity contribution in [2.45, 2.75) is 64.2 Å². The Balaban J connectivity index is 1.41. The van der Waals surface area contributed by atoms with Crippen molar-refractivity contribution in [3.8, 4) is 11.5 Å². The molecule has 0 spiro atoms. The summed E-state index contributed by atoms with van der Waals surface area (Å²) >= 11 is 0. The number of amides is 1. The van der Waals surface area contributed by atoms with Crippen LogP contribution in [-0.4, -0.2) is 40.8 Å². The topological polar surface area (TPSA) is 116 Å². The predicted molar refractivity (Wildman–Crippen MR) is 142 cm³/mol. The number of carbonyl (C=O) groups is 3. The summed E-state index contributed by atoms with van der Waals surface area (Å²) in [4.78, 5) is 36.0. The third-order valence-corrected chi connectivity index (χ3v) is 5.99. The van der Waals surface area contributed by atoms with E-state index in [1.54, 1.807) is 30.3 Å². The quantitative estimate of drug-likeness (QED) is 0.169. The van der Waals surface area contributed by atoms with Crippen LogP contribution in [0.3, 0.4) is 0 Å². The highest BCUT2D eigenvalue weighted by Crippen LogP contribution is 2.21. The minimum absolute atomic E-state index is 0.0765. The van der Waals surface area contributed by atoms with Crippen LogP contribution < -0.4 is 10.6 Å². The molecule has 0 aromatic heterocycles. The third kappa shape index (κ3) is 10.8. The number of para-hydroxylation sites is 2. The van der Waals surface area contributed by atoms with Crippen LogP contribution in [0.4, 0.5) is 0 Å². The first-order valence-corrected chi connectivity index (χ1v) is 12.7. The number of phenolic OH excluding ortho intramolecular Hbond substituents is 2. The van der Waals surface area contributed by atoms with E-state index in [0.29, 0.717) is 24.1 Å². The van der Waals surface area contributed by atoms with Crippen LogP contribution in [0.5, 0.6) is 11.5 Å². The molecule has 36 heavy (non-hydrogen) atoms. The summed E-state index contributed by atoms with van der Waals surface area (Å²) in [5.74, 6) is -0.262. The fourth-order valence-electron chi connectivity index (χ4n) is 3.86. The Hall–Kier alpha value is -3.61. The molecule has 1 amide bonds. The molecular weight excluding hydrogens is 456 g/mol. The monoisotopic (exact) mass is 494 g/mol. The van der Waals surface area contributed by atoms with Gasteiger partial charge >= 0.3 is 0 Å². The number of hydrogen-bond acceptors (Lipinski definition) is 6. The zero-order valence-electron chi connectivity index (χ0n) is 20.9. The first kappa shape index (κ1) is 28.6. The Kier molecular flexibility index (Phi) is 12.8. The van der Waals surface area contributed by atoms with Gasteiger partial charge in [0.1, 0.15) is 11.5 Å². The minimum atomic E-state index is -0.308. The van der Waals surface area contributed by atoms with Crippen LogP contribution in [0.1, 0.15) is 80.1 Å². The molecule has 0 aliphatic rings. The van der Waals surface area contributed by atoms with Crippen LogP contribution in [0, 0.1) is 0 Å². The van der Waals surface area contributed by atoms with Gasteiger partial charge in [0.05, 0.1) is 18.7 Å². The van der Waals surface area contributed by atoms with Gasteiger partial charge in [0.15, 0.2) is 11.6 Å². The largest absolute Gasteiger partial charge is 0.507 e. The van der Waals surface area contributed by atoms with Gasteiger partial charge < -0.3 is 20.8 Å². The van der Waals surface area contributed by atoms with Gasteiger partial charge in [-0.25, -0.2) is 0 Å². The number of nitrogens with one attached hydrogen (secondary N) is 2. The van der Waals surface area contributed by atoms with E-state index >= 15 is 0 Å². The number of ketones is 2. The van der Waals surface area contributed by atoms with E-state index in [4.69, 9.17) is 0 Å². The minimum Gasteiger partial charge on any atom is -0.507 e. The molecule has 0 radical (unpaired) electrons. The number of hydrogen-bond donors (Lipinski definition) is 4. The Morgan fingerprint density at radius 2 is 1.14 bits per heavy atom. The highest BCUT2D eigenvalue weighted by molar-refractivity contribution is 6.01. The summed E-state index contributed by atoms with van der Waals surface area (Å²) in [5.41, 5.74) is 1.36. The van der Waals surface area contributed by atoms with Crippen LogP contribution >= 0.6 is 0 Å². The molecule has 7 heteroatoms. The van der Waals surface area contributed by atoms with Crippen LogP contribution in [0.15, 0.2) is 55.1 Å². The molecule has 7 nitrogen and oxygen atoms in total. The number of carbonyl (C=O) groups excluding carboxylic acids is 3. The maximum absolute atomic E-state index is 12.1. The average Bonchev–Trinajstić information content (AvgIpc) is 2.87. The predicted octanol–water partition coefficient (Wildman–Crippen LogP) is 5.13. The second-order valence-electron chi connectivity index (χ2n) is 8.93. The average molecular weight is 495 g/mol. The van der Waals surface area contributed by atoms with Gasteiger partial charge in [-0.15, -0.1) is 0 Å². The van der Waals surface area contributed by atoms with E-state index in [1.807, 2.05) is 6.07 Å². The molecule has 0 fully saturated rings. The maximum atomic E-state index is 12.1. The van der Waals surface area contributed by atoms with Crippen molar-refractivity contribution in [1.29, 1.82) is 0 Å². The van der Waals surface area contributed by atoms with Crippen molar-refractivity contribution in [2.75, 3.05) is 13.1 Å². The molecule has 2 rings (SSSR count). The Labute approximate surface area is 213 Å². The molecule has 2 aromatic rings. The highest BCUT2D eigenvalue weighted by Gasteiger charge is 2.11. The lowest BCUT2D eigenvalue weighted by Crippen LogP contribution is -2.29. The number of Topliss-reactive ketones (excluding diaryl/α,β-unsaturated/α-hetero) is 2. The van der Waals surface area contributed by atoms with Crippen molar-refractivity contribution in [3.63, 3.8) is 0 Å². The van der Waals surface area contributed by atoms with E-state index in [2.05, 4.69) is 17.2 Å². The van der Waals surface area contributed by atoms with Gasteiger partial charge in [0.25, 0.3) is 0 Å². The number of rotatable bonds is 18. The molecule has 194 valence electrons. The Bertz CT molecular complexity index is 937. The maximum Gasteiger partial charge on any atom is 0.220 e. The van der Waals surface area contributed by atoms with Gasteiger partial charge in [0.2, 0.25) is 5.91 Å². The lowest BCUT2D eigenvalue weighted by atomic mass is 10.0. The van der Waals surface area contributed by atoms with Gasteiger partial charge in [-0.3, -0.25) is 14.4 Å². The summed E-state index contributed by atoms with van der Waals surface area (Å²) in [7, 11) is 0. The molecule has 0 aliphatic carbocycles. The van der Waals surface area contributed by atoms with Crippen molar-refractivity contribution in [2.24, 2.45) is 0 Å². The molecule has 4 N–H and O–H groups in total. The normalized spacial score (nSPS) is 10.6. The summed E-state index contributed by atoms with van der Waals surface area (Å²) < 4.78 is 0. The number of unbranched alkanes of at least 4 members (excludes halogenated alkanes) is 7. The first-order chi connectivity index (χ1) is 17.4. The third-order valence-electron chi connectivity index (χ3n) is 5.99. The van der Waals surface area contributed by atoms with E-state index < -0.39 is 0 Å². The smallest absolute Gasteiger partial charge is 0.220 e. The van der Waals surface area contributed by atoms with Gasteiger partial charge in [0, 0.05) is 24.1 Å². The van der Waals surface area contributed by atoms with E-state index in [-0.39, 0.29) is 47.6 Å². The fraction of sp³-hybridized carbons (Fsp3) is 0.414. The van der Waals surface area contributed by atoms with Gasteiger partial charge in [-0.2, -0.15) is 0 Å². The van der Waals surface area contributed by atoms with Crippen molar-refractivity contribution in [3.05, 3.63) is 66.2 Å². The summed E-state index contributed by atoms with van der Waals surface area (Å²) in [6.45, 7) is 3.98. The van der Waals surface area contributed by atoms with E-state index in [1.165, 1.54) is 12.1 Å². The lowest BCUT2D eigenvalue weighted by molar-refractivity contribution is -0.121. The Morgan fingerprint density at radius 1 is 0.639 bits per heavy atom. The van der Waals surface area contributed by atoms with Crippen LogP contribution in [-0.2, 0) is 9.59 Å². The van der Waals surface area contributed by atoms with Crippen molar-refractivity contribution < 1.29 is 24.6 Å². The summed E-state index contributed by atoms with van der Waals surface area (Å²) in [5, 5.41) is 25.1. The molecular formula is C29H38N2O5. The number of aromatic hydroxyl groups is 2. The standard InChI is InChI=1S/C29H38N2O5/c1-22(24-15-10-12-17-26(24)33)30-20-23(32)14-8-6-4-2-3-5-7-9-19-29(36)31-21-28(35)25-16-11-13-18-27(25)34/h10-13,15-18,30,33-34H,1-9,14,19-21H2,(H,31,36). The fourth-order valence-corrected chi connectivity index (χ4v) is 3.86. The van der Waals surface area contributed by atoms with Crippen molar-refractivity contribution in [1.82, 2.24) is 10.6 Å². The van der Waals surface area contributed by atoms with Crippen LogP contribution in [0.25, 0.3) is 5.70 Å². The second-order valence-corrected chi connectivity index (χ2v) is 8.93. The molecule has 0 bridgehead atoms. The molecule has 0 heterocycles. The summed E-state index contributed by atoms with van der Waals surface area (Å²) in [6.07, 6.45) is 8.89. The summed E-state index contributed by atoms with van der Waals surface area (Å²) in [6, 6.07) is 13.2. The Morgan fingerprint density at radius 3 is 1.72 bits per heavy atom. The van der Waals surface area contributed by atoms with Gasteiger partial charge in [-0.05, 0) is 37.1 Å². The zero-order chi connectivity index (χ0) is 26.2. The SMILES string of the molecule is C=C(NCC(=O)CCCCCCCCCCC(=O)NCC(=O)c1ccccc1O)c1ccccc1O. The lowest BCUT2D eigenvalue weighted by Gasteiger charge is -2.10. The molecule has 0 atom stereocenters. The molecule has 0 unspecified atom stereocenters.